The molecule has 8 heteroatoms. The summed E-state index contributed by atoms with van der Waals surface area (Å²) in [5.74, 6) is 0. The second-order valence-corrected chi connectivity index (χ2v) is 6.48. The summed E-state index contributed by atoms with van der Waals surface area (Å²) < 4.78 is 26.6. The van der Waals surface area contributed by atoms with Crippen LogP contribution < -0.4 is 10.0 Å². The summed E-state index contributed by atoms with van der Waals surface area (Å²) in [5.41, 5.74) is 1.11. The molecular weight excluding hydrogens is 294 g/mol. The monoisotopic (exact) mass is 311 g/mol. The Bertz CT molecular complexity index is 638. The Kier molecular flexibility index (Phi) is 5.05. The molecule has 0 fully saturated rings. The molecule has 0 bridgehead atoms. The van der Waals surface area contributed by atoms with E-state index in [1.807, 2.05) is 0 Å². The van der Waals surface area contributed by atoms with Gasteiger partial charge in [-0.3, -0.25) is 10.1 Å². The summed E-state index contributed by atoms with van der Waals surface area (Å²) in [6.07, 6.45) is 3.68. The van der Waals surface area contributed by atoms with E-state index in [9.17, 15) is 18.5 Å². The number of hydrogen-bond donors (Lipinski definition) is 2. The molecule has 0 saturated heterocycles. The van der Waals surface area contributed by atoms with Crippen LogP contribution in [-0.2, 0) is 10.0 Å². The first kappa shape index (κ1) is 15.6. The molecule has 21 heavy (non-hydrogen) atoms. The zero-order valence-electron chi connectivity index (χ0n) is 11.4. The number of nitro groups is 1. The molecule has 1 aliphatic rings. The van der Waals surface area contributed by atoms with Crippen molar-refractivity contribution in [1.82, 2.24) is 10.0 Å². The highest BCUT2D eigenvalue weighted by molar-refractivity contribution is 7.89. The summed E-state index contributed by atoms with van der Waals surface area (Å²) in [6, 6.07) is 4.85. The number of rotatable bonds is 6. The molecule has 0 unspecified atom stereocenters. The lowest BCUT2D eigenvalue weighted by molar-refractivity contribution is -0.384. The van der Waals surface area contributed by atoms with Gasteiger partial charge in [0.2, 0.25) is 10.0 Å². The number of nitrogens with zero attached hydrogens (tertiary/aromatic N) is 1. The topological polar surface area (TPSA) is 101 Å². The van der Waals surface area contributed by atoms with E-state index in [-0.39, 0.29) is 10.6 Å². The first-order valence-electron chi connectivity index (χ1n) is 6.62. The van der Waals surface area contributed by atoms with Gasteiger partial charge >= 0.3 is 0 Å². The maximum Gasteiger partial charge on any atom is 0.269 e. The normalized spacial score (nSPS) is 15.5. The Morgan fingerprint density at radius 3 is 2.57 bits per heavy atom. The molecule has 1 aliphatic heterocycles. The van der Waals surface area contributed by atoms with Crippen LogP contribution in [0, 0.1) is 10.1 Å². The highest BCUT2D eigenvalue weighted by Gasteiger charge is 2.15. The van der Waals surface area contributed by atoms with Gasteiger partial charge in [0.15, 0.2) is 0 Å². The van der Waals surface area contributed by atoms with E-state index in [0.717, 1.165) is 19.5 Å². The molecule has 1 aromatic rings. The van der Waals surface area contributed by atoms with Crippen molar-refractivity contribution in [3.05, 3.63) is 46.0 Å². The number of hydrogen-bond acceptors (Lipinski definition) is 5. The maximum atomic E-state index is 12.0. The fourth-order valence-electron chi connectivity index (χ4n) is 2.07. The molecule has 7 nitrogen and oxygen atoms in total. The zero-order chi connectivity index (χ0) is 15.3. The van der Waals surface area contributed by atoms with Crippen molar-refractivity contribution in [2.75, 3.05) is 19.6 Å². The molecule has 0 amide bonds. The molecule has 114 valence electrons. The van der Waals surface area contributed by atoms with Crippen molar-refractivity contribution in [3.8, 4) is 0 Å². The second-order valence-electron chi connectivity index (χ2n) is 4.72. The standard InChI is InChI=1S/C13H17N3O4S/c17-16(18)12-1-3-13(4-2-12)21(19,20)15-10-7-11-5-8-14-9-6-11/h1-5,14-15H,6-10H2. The molecule has 0 saturated carbocycles. The van der Waals surface area contributed by atoms with Gasteiger partial charge in [0, 0.05) is 25.2 Å². The van der Waals surface area contributed by atoms with E-state index in [2.05, 4.69) is 16.1 Å². The lowest BCUT2D eigenvalue weighted by Crippen LogP contribution is -2.26. The Morgan fingerprint density at radius 1 is 1.29 bits per heavy atom. The van der Waals surface area contributed by atoms with Crippen LogP contribution in [0.4, 0.5) is 5.69 Å². The van der Waals surface area contributed by atoms with Crippen LogP contribution in [0.2, 0.25) is 0 Å². The van der Waals surface area contributed by atoms with Gasteiger partial charge in [-0.25, -0.2) is 13.1 Å². The minimum atomic E-state index is -3.62. The molecule has 0 atom stereocenters. The third kappa shape index (κ3) is 4.35. The quantitative estimate of drug-likeness (QED) is 0.467. The highest BCUT2D eigenvalue weighted by Crippen LogP contribution is 2.16. The van der Waals surface area contributed by atoms with E-state index in [0.29, 0.717) is 13.0 Å². The van der Waals surface area contributed by atoms with Gasteiger partial charge in [0.1, 0.15) is 0 Å². The SMILES string of the molecule is O=[N+]([O-])c1ccc(S(=O)(=O)NCCC2=CCNCC2)cc1. The third-order valence-corrected chi connectivity index (χ3v) is 4.73. The molecule has 0 radical (unpaired) electrons. The predicted molar refractivity (Wildman–Crippen MR) is 78.5 cm³/mol. The molecule has 0 aromatic heterocycles. The van der Waals surface area contributed by atoms with Gasteiger partial charge in [-0.15, -0.1) is 0 Å². The van der Waals surface area contributed by atoms with E-state index >= 15 is 0 Å². The van der Waals surface area contributed by atoms with Crippen molar-refractivity contribution in [2.24, 2.45) is 0 Å². The predicted octanol–water partition coefficient (Wildman–Crippen LogP) is 1.18. The van der Waals surface area contributed by atoms with Crippen molar-refractivity contribution < 1.29 is 13.3 Å². The lowest BCUT2D eigenvalue weighted by atomic mass is 10.1. The highest BCUT2D eigenvalue weighted by atomic mass is 32.2. The van der Waals surface area contributed by atoms with Crippen molar-refractivity contribution in [2.45, 2.75) is 17.7 Å². The summed E-state index contributed by atoms with van der Waals surface area (Å²) >= 11 is 0. The average Bonchev–Trinajstić information content (AvgIpc) is 2.48. The van der Waals surface area contributed by atoms with Crippen LogP contribution in [0.15, 0.2) is 40.8 Å². The fourth-order valence-corrected chi connectivity index (χ4v) is 3.10. The van der Waals surface area contributed by atoms with Gasteiger partial charge in [-0.2, -0.15) is 0 Å². The van der Waals surface area contributed by atoms with Crippen LogP contribution in [0.3, 0.4) is 0 Å². The Morgan fingerprint density at radius 2 is 2.00 bits per heavy atom. The summed E-state index contributed by atoms with van der Waals surface area (Å²) in [7, 11) is -3.62. The zero-order valence-corrected chi connectivity index (χ0v) is 12.2. The summed E-state index contributed by atoms with van der Waals surface area (Å²) in [6.45, 7) is 2.07. The maximum absolute atomic E-state index is 12.0. The van der Waals surface area contributed by atoms with E-state index in [4.69, 9.17) is 0 Å². The van der Waals surface area contributed by atoms with Crippen LogP contribution in [0.25, 0.3) is 0 Å². The molecule has 0 spiro atoms. The summed E-state index contributed by atoms with van der Waals surface area (Å²) in [5, 5.41) is 13.7. The lowest BCUT2D eigenvalue weighted by Gasteiger charge is -2.14. The third-order valence-electron chi connectivity index (χ3n) is 3.25. The van der Waals surface area contributed by atoms with Gasteiger partial charge in [0.05, 0.1) is 9.82 Å². The number of nitrogens with one attached hydrogen (secondary N) is 2. The molecule has 0 aliphatic carbocycles. The van der Waals surface area contributed by atoms with Crippen molar-refractivity contribution in [1.29, 1.82) is 0 Å². The van der Waals surface area contributed by atoms with Gasteiger partial charge in [-0.1, -0.05) is 11.6 Å². The average molecular weight is 311 g/mol. The Labute approximate surface area is 123 Å². The number of sulfonamides is 1. The van der Waals surface area contributed by atoms with Crippen molar-refractivity contribution in [3.63, 3.8) is 0 Å². The molecule has 2 rings (SSSR count). The minimum Gasteiger partial charge on any atom is -0.313 e. The number of non-ortho nitro benzene ring substituents is 1. The Hall–Kier alpha value is -1.77. The van der Waals surface area contributed by atoms with Gasteiger partial charge in [0.25, 0.3) is 5.69 Å². The van der Waals surface area contributed by atoms with Crippen molar-refractivity contribution >= 4 is 15.7 Å². The number of benzene rings is 1. The molecular formula is C13H17N3O4S. The van der Waals surface area contributed by atoms with Crippen LogP contribution >= 0.6 is 0 Å². The Balaban J connectivity index is 1.94. The van der Waals surface area contributed by atoms with Crippen LogP contribution in [0.5, 0.6) is 0 Å². The summed E-state index contributed by atoms with van der Waals surface area (Å²) in [4.78, 5) is 10.0. The first-order chi connectivity index (χ1) is 9.99. The first-order valence-corrected chi connectivity index (χ1v) is 8.10. The van der Waals surface area contributed by atoms with E-state index < -0.39 is 14.9 Å². The molecule has 1 heterocycles. The van der Waals surface area contributed by atoms with Crippen LogP contribution in [-0.4, -0.2) is 33.0 Å². The van der Waals surface area contributed by atoms with Gasteiger partial charge < -0.3 is 5.32 Å². The second kappa shape index (κ2) is 6.79. The van der Waals surface area contributed by atoms with E-state index in [1.54, 1.807) is 0 Å². The van der Waals surface area contributed by atoms with Gasteiger partial charge in [-0.05, 0) is 31.5 Å². The van der Waals surface area contributed by atoms with Crippen LogP contribution in [0.1, 0.15) is 12.8 Å². The largest absolute Gasteiger partial charge is 0.313 e. The smallest absolute Gasteiger partial charge is 0.269 e. The van der Waals surface area contributed by atoms with E-state index in [1.165, 1.54) is 29.8 Å². The molecule has 2 N–H and O–H groups in total. The fraction of sp³-hybridized carbons (Fsp3) is 0.385. The molecule has 1 aromatic carbocycles. The minimum absolute atomic E-state index is 0.0346. The number of nitro benzene ring substituents is 1.